The summed E-state index contributed by atoms with van der Waals surface area (Å²) in [6, 6.07) is 5.77. The largest absolute Gasteiger partial charge is 0.494 e. The summed E-state index contributed by atoms with van der Waals surface area (Å²) < 4.78 is 27.5. The van der Waals surface area contributed by atoms with Gasteiger partial charge in [-0.25, -0.2) is 18.1 Å². The van der Waals surface area contributed by atoms with E-state index in [0.29, 0.717) is 10.6 Å². The molecule has 7 nitrogen and oxygen atoms in total. The third kappa shape index (κ3) is 3.07. The highest BCUT2D eigenvalue weighted by Gasteiger charge is 2.28. The molecule has 2 amide bonds. The molecule has 0 radical (unpaired) electrons. The minimum Gasteiger partial charge on any atom is -0.494 e. The topological polar surface area (TPSA) is 114 Å². The summed E-state index contributed by atoms with van der Waals surface area (Å²) in [5.74, 6) is -3.94. The Kier molecular flexibility index (Phi) is 4.83. The average Bonchev–Trinajstić information content (AvgIpc) is 2.95. The van der Waals surface area contributed by atoms with E-state index in [-0.39, 0.29) is 39.9 Å². The van der Waals surface area contributed by atoms with Gasteiger partial charge in [0.15, 0.2) is 5.78 Å². The Morgan fingerprint density at radius 1 is 1.18 bits per heavy atom. The number of aromatic nitrogens is 1. The molecular formula is C19H15F2N3O4. The zero-order chi connectivity index (χ0) is 20.6. The number of carbonyl (C=O) groups excluding carboxylic acids is 3. The van der Waals surface area contributed by atoms with Gasteiger partial charge in [-0.1, -0.05) is 19.1 Å². The van der Waals surface area contributed by atoms with Gasteiger partial charge in [0, 0.05) is 23.4 Å². The summed E-state index contributed by atoms with van der Waals surface area (Å²) in [6.45, 7) is 1.61. The molecule has 0 aliphatic carbocycles. The maximum atomic E-state index is 13.8. The molecule has 0 unspecified atom stereocenters. The number of hydrogen-bond donors (Lipinski definition) is 3. The van der Waals surface area contributed by atoms with E-state index >= 15 is 0 Å². The van der Waals surface area contributed by atoms with Gasteiger partial charge in [0.05, 0.1) is 11.2 Å². The number of hydrogen-bond acceptors (Lipinski definition) is 4. The Morgan fingerprint density at radius 2 is 1.89 bits per heavy atom. The highest BCUT2D eigenvalue weighted by Crippen LogP contribution is 2.34. The number of carbonyl (C=O) groups is 3. The molecule has 1 aromatic heterocycles. The van der Waals surface area contributed by atoms with Gasteiger partial charge in [0.25, 0.3) is 5.91 Å². The number of Topliss-reactive ketones (excluding diaryl/α,β-unsaturated/α-hetero) is 1. The summed E-state index contributed by atoms with van der Waals surface area (Å²) in [4.78, 5) is 36.8. The third-order valence-electron chi connectivity index (χ3n) is 4.21. The van der Waals surface area contributed by atoms with Crippen LogP contribution in [0.1, 0.15) is 34.1 Å². The first-order valence-corrected chi connectivity index (χ1v) is 8.22. The number of ketones is 1. The molecule has 0 saturated carbocycles. The standard InChI is InChI=1S/C19H15F2N3O4/c1-2-14(25)10-4-3-5-11-15(18(27)24(16(10)11)19(22)28)17(26)23-13-7-6-9(20)8-12(13)21/h3-8,27H,2H2,1H3,(H2,22,28)(H,23,26). The average molecular weight is 387 g/mol. The molecule has 0 aliphatic rings. The van der Waals surface area contributed by atoms with Crippen LogP contribution in [0.3, 0.4) is 0 Å². The number of fused-ring (bicyclic) bond motifs is 1. The molecule has 0 atom stereocenters. The summed E-state index contributed by atoms with van der Waals surface area (Å²) in [5, 5.41) is 12.8. The molecular weight excluding hydrogens is 372 g/mol. The Morgan fingerprint density at radius 3 is 2.50 bits per heavy atom. The van der Waals surface area contributed by atoms with E-state index in [0.717, 1.165) is 12.1 Å². The van der Waals surface area contributed by atoms with Crippen LogP contribution < -0.4 is 11.1 Å². The number of rotatable bonds is 4. The fourth-order valence-corrected chi connectivity index (χ4v) is 2.95. The number of anilines is 1. The van der Waals surface area contributed by atoms with Crippen molar-refractivity contribution in [2.24, 2.45) is 5.73 Å². The number of halogens is 2. The van der Waals surface area contributed by atoms with Crippen molar-refractivity contribution < 1.29 is 28.3 Å². The van der Waals surface area contributed by atoms with Gasteiger partial charge in [-0.05, 0) is 18.2 Å². The minimum absolute atomic E-state index is 0.0240. The lowest BCUT2D eigenvalue weighted by atomic mass is 10.0. The SMILES string of the molecule is CCC(=O)c1cccc2c(C(=O)Nc3ccc(F)cc3F)c(O)n(C(N)=O)c12. The van der Waals surface area contributed by atoms with E-state index in [1.165, 1.54) is 18.2 Å². The molecule has 4 N–H and O–H groups in total. The monoisotopic (exact) mass is 387 g/mol. The van der Waals surface area contributed by atoms with E-state index in [2.05, 4.69) is 5.32 Å². The van der Waals surface area contributed by atoms with Crippen molar-refractivity contribution in [1.82, 2.24) is 4.57 Å². The van der Waals surface area contributed by atoms with Crippen LogP contribution in [0.2, 0.25) is 0 Å². The van der Waals surface area contributed by atoms with Crippen molar-refractivity contribution in [3.8, 4) is 5.88 Å². The molecule has 3 aromatic rings. The third-order valence-corrected chi connectivity index (χ3v) is 4.21. The molecule has 0 spiro atoms. The number of aromatic hydroxyl groups is 1. The lowest BCUT2D eigenvalue weighted by Gasteiger charge is -2.06. The molecule has 28 heavy (non-hydrogen) atoms. The van der Waals surface area contributed by atoms with Crippen LogP contribution in [0.5, 0.6) is 5.88 Å². The Bertz CT molecular complexity index is 1140. The molecule has 0 aliphatic heterocycles. The predicted molar refractivity (Wildman–Crippen MR) is 97.5 cm³/mol. The Balaban J connectivity index is 2.21. The van der Waals surface area contributed by atoms with E-state index in [1.807, 2.05) is 0 Å². The zero-order valence-electron chi connectivity index (χ0n) is 14.6. The van der Waals surface area contributed by atoms with Crippen molar-refractivity contribution in [2.45, 2.75) is 13.3 Å². The van der Waals surface area contributed by atoms with Gasteiger partial charge in [0.1, 0.15) is 17.2 Å². The lowest BCUT2D eigenvalue weighted by molar-refractivity contribution is 0.0987. The predicted octanol–water partition coefficient (Wildman–Crippen LogP) is 3.40. The van der Waals surface area contributed by atoms with Gasteiger partial charge in [0.2, 0.25) is 5.88 Å². The summed E-state index contributed by atoms with van der Waals surface area (Å²) in [5.41, 5.74) is 4.69. The highest BCUT2D eigenvalue weighted by molar-refractivity contribution is 6.20. The summed E-state index contributed by atoms with van der Waals surface area (Å²) in [6.07, 6.45) is 0.117. The number of primary amides is 1. The van der Waals surface area contributed by atoms with Crippen molar-refractivity contribution in [3.63, 3.8) is 0 Å². The first-order chi connectivity index (χ1) is 13.3. The quantitative estimate of drug-likeness (QED) is 0.595. The van der Waals surface area contributed by atoms with Gasteiger partial charge >= 0.3 is 6.03 Å². The first kappa shape index (κ1) is 19.0. The van der Waals surface area contributed by atoms with E-state index in [9.17, 15) is 28.3 Å². The van der Waals surface area contributed by atoms with Crippen LogP contribution in [-0.4, -0.2) is 27.4 Å². The summed E-state index contributed by atoms with van der Waals surface area (Å²) >= 11 is 0. The first-order valence-electron chi connectivity index (χ1n) is 8.22. The number of benzene rings is 2. The minimum atomic E-state index is -1.11. The second-order valence-corrected chi connectivity index (χ2v) is 5.93. The number of nitrogens with two attached hydrogens (primary N) is 1. The Labute approximate surface area is 157 Å². The normalized spacial score (nSPS) is 10.8. The van der Waals surface area contributed by atoms with Gasteiger partial charge in [-0.3, -0.25) is 9.59 Å². The van der Waals surface area contributed by atoms with Crippen LogP contribution in [-0.2, 0) is 0 Å². The van der Waals surface area contributed by atoms with Crippen LogP contribution >= 0.6 is 0 Å². The van der Waals surface area contributed by atoms with Crippen LogP contribution in [0.25, 0.3) is 10.9 Å². The molecule has 0 bridgehead atoms. The maximum absolute atomic E-state index is 13.8. The molecule has 1 heterocycles. The van der Waals surface area contributed by atoms with Crippen molar-refractivity contribution in [3.05, 3.63) is 59.2 Å². The molecule has 0 fully saturated rings. The molecule has 3 rings (SSSR count). The molecule has 9 heteroatoms. The second kappa shape index (κ2) is 7.10. The van der Waals surface area contributed by atoms with Crippen molar-refractivity contribution in [2.75, 3.05) is 5.32 Å². The summed E-state index contributed by atoms with van der Waals surface area (Å²) in [7, 11) is 0. The molecule has 0 saturated heterocycles. The Hall–Kier alpha value is -3.75. The second-order valence-electron chi connectivity index (χ2n) is 5.93. The van der Waals surface area contributed by atoms with Gasteiger partial charge in [-0.2, -0.15) is 0 Å². The number of para-hydroxylation sites is 1. The number of nitrogens with one attached hydrogen (secondary N) is 1. The molecule has 2 aromatic carbocycles. The number of nitrogens with zero attached hydrogens (tertiary/aromatic N) is 1. The molecule has 144 valence electrons. The smallest absolute Gasteiger partial charge is 0.326 e. The van der Waals surface area contributed by atoms with Crippen molar-refractivity contribution >= 4 is 34.3 Å². The van der Waals surface area contributed by atoms with Gasteiger partial charge < -0.3 is 16.2 Å². The number of amides is 2. The van der Waals surface area contributed by atoms with E-state index in [1.54, 1.807) is 6.92 Å². The van der Waals surface area contributed by atoms with E-state index in [4.69, 9.17) is 5.73 Å². The van der Waals surface area contributed by atoms with Gasteiger partial charge in [-0.15, -0.1) is 0 Å². The lowest BCUT2D eigenvalue weighted by Crippen LogP contribution is -2.20. The highest BCUT2D eigenvalue weighted by atomic mass is 19.1. The fraction of sp³-hybridized carbons (Fsp3) is 0.105. The fourth-order valence-electron chi connectivity index (χ4n) is 2.95. The van der Waals surface area contributed by atoms with Crippen LogP contribution in [0, 0.1) is 11.6 Å². The van der Waals surface area contributed by atoms with Crippen molar-refractivity contribution in [1.29, 1.82) is 0 Å². The van der Waals surface area contributed by atoms with E-state index < -0.39 is 29.5 Å². The zero-order valence-corrected chi connectivity index (χ0v) is 14.6. The van der Waals surface area contributed by atoms with Crippen LogP contribution in [0.4, 0.5) is 19.3 Å². The maximum Gasteiger partial charge on any atom is 0.326 e. The van der Waals surface area contributed by atoms with Crippen LogP contribution in [0.15, 0.2) is 36.4 Å².